The van der Waals surface area contributed by atoms with Gasteiger partial charge in [0.25, 0.3) is 0 Å². The van der Waals surface area contributed by atoms with Crippen LogP contribution < -0.4 is 25.4 Å². The van der Waals surface area contributed by atoms with Crippen LogP contribution in [0.1, 0.15) is 11.1 Å². The van der Waals surface area contributed by atoms with Crippen molar-refractivity contribution in [2.24, 2.45) is 10.8 Å². The molecule has 148 valence electrons. The Hall–Kier alpha value is -2.58. The molecule has 0 aliphatic carbocycles. The highest BCUT2D eigenvalue weighted by Crippen LogP contribution is 2.28. The Kier molecular flexibility index (Phi) is 8.77. The van der Waals surface area contributed by atoms with Crippen molar-refractivity contribution in [3.8, 4) is 17.2 Å². The second-order valence-electron chi connectivity index (χ2n) is 5.59. The molecule has 0 spiro atoms. The van der Waals surface area contributed by atoms with Crippen LogP contribution in [0.15, 0.2) is 58.6 Å². The Balaban J connectivity index is 1.95. The molecular formula is C20H22BrN3O3S. The van der Waals surface area contributed by atoms with Gasteiger partial charge in [-0.25, -0.2) is 0 Å². The van der Waals surface area contributed by atoms with E-state index >= 15 is 0 Å². The molecule has 0 atom stereocenters. The molecule has 0 radical (unpaired) electrons. The van der Waals surface area contributed by atoms with Crippen LogP contribution >= 0.6 is 28.1 Å². The van der Waals surface area contributed by atoms with E-state index < -0.39 is 0 Å². The van der Waals surface area contributed by atoms with Crippen molar-refractivity contribution in [1.82, 2.24) is 5.43 Å². The van der Waals surface area contributed by atoms with Gasteiger partial charge in [0.15, 0.2) is 16.6 Å². The van der Waals surface area contributed by atoms with Crippen LogP contribution in [0.25, 0.3) is 0 Å². The monoisotopic (exact) mass is 463 g/mol. The normalized spacial score (nSPS) is 10.5. The van der Waals surface area contributed by atoms with Crippen LogP contribution in [0.3, 0.4) is 0 Å². The van der Waals surface area contributed by atoms with Gasteiger partial charge < -0.3 is 19.9 Å². The molecule has 2 aromatic rings. The third-order valence-electron chi connectivity index (χ3n) is 3.56. The average Bonchev–Trinajstić information content (AvgIpc) is 2.67. The van der Waals surface area contributed by atoms with Crippen LogP contribution in [-0.4, -0.2) is 31.7 Å². The minimum Gasteiger partial charge on any atom is -0.493 e. The fourth-order valence-corrected chi connectivity index (χ4v) is 2.78. The predicted molar refractivity (Wildman–Crippen MR) is 120 cm³/mol. The van der Waals surface area contributed by atoms with Crippen LogP contribution in [0.2, 0.25) is 0 Å². The van der Waals surface area contributed by atoms with E-state index in [2.05, 4.69) is 33.0 Å². The maximum Gasteiger partial charge on any atom is 0.184 e. The van der Waals surface area contributed by atoms with Gasteiger partial charge in [0, 0.05) is 10.0 Å². The van der Waals surface area contributed by atoms with E-state index in [4.69, 9.17) is 32.2 Å². The second-order valence-corrected chi connectivity index (χ2v) is 6.95. The van der Waals surface area contributed by atoms with Crippen LogP contribution in [-0.2, 0) is 6.42 Å². The van der Waals surface area contributed by atoms with Crippen molar-refractivity contribution in [2.45, 2.75) is 6.42 Å². The topological polar surface area (TPSA) is 78.1 Å². The van der Waals surface area contributed by atoms with E-state index in [1.165, 1.54) is 0 Å². The molecule has 0 aliphatic heterocycles. The summed E-state index contributed by atoms with van der Waals surface area (Å²) < 4.78 is 17.9. The van der Waals surface area contributed by atoms with Gasteiger partial charge in [-0.3, -0.25) is 5.43 Å². The summed E-state index contributed by atoms with van der Waals surface area (Å²) in [5.74, 6) is 2.00. The average molecular weight is 464 g/mol. The fourth-order valence-electron chi connectivity index (χ4n) is 2.35. The largest absolute Gasteiger partial charge is 0.493 e. The van der Waals surface area contributed by atoms with E-state index in [1.807, 2.05) is 42.5 Å². The van der Waals surface area contributed by atoms with Gasteiger partial charge in [0.1, 0.15) is 19.0 Å². The molecule has 2 rings (SSSR count). The molecule has 0 heterocycles. The lowest BCUT2D eigenvalue weighted by molar-refractivity contribution is 0.211. The Morgan fingerprint density at radius 3 is 2.57 bits per heavy atom. The number of hydrogen-bond donors (Lipinski definition) is 2. The molecule has 0 aromatic heterocycles. The van der Waals surface area contributed by atoms with Crippen molar-refractivity contribution in [2.75, 3.05) is 20.3 Å². The predicted octanol–water partition coefficient (Wildman–Crippen LogP) is 3.81. The quantitative estimate of drug-likeness (QED) is 0.183. The zero-order valence-corrected chi connectivity index (χ0v) is 17.9. The summed E-state index contributed by atoms with van der Waals surface area (Å²) in [6.07, 6.45) is 4.21. The molecule has 6 nitrogen and oxygen atoms in total. The number of benzene rings is 2. The highest BCUT2D eigenvalue weighted by Gasteiger charge is 2.07. The van der Waals surface area contributed by atoms with Gasteiger partial charge in [0.05, 0.1) is 13.3 Å². The first kappa shape index (κ1) is 21.7. The standard InChI is InChI=1S/C20H22BrN3O3S/c1-3-4-14-5-7-18(19(11-14)25-2)27-10-9-26-17-8-6-16(21)12-15(17)13-23-24-20(22)28/h3,5-8,11-13H,1,4,9-10H2,2H3,(H3,22,24,28). The molecule has 3 N–H and O–H groups in total. The number of thiocarbonyl (C=S) groups is 1. The van der Waals surface area contributed by atoms with E-state index in [1.54, 1.807) is 13.3 Å². The Labute approximate surface area is 178 Å². The van der Waals surface area contributed by atoms with Crippen molar-refractivity contribution >= 4 is 39.5 Å². The van der Waals surface area contributed by atoms with Gasteiger partial charge in [-0.15, -0.1) is 6.58 Å². The number of hydrogen-bond acceptors (Lipinski definition) is 5. The molecule has 0 fully saturated rings. The number of nitrogens with two attached hydrogens (primary N) is 1. The molecule has 0 saturated carbocycles. The minimum atomic E-state index is 0.0928. The molecule has 0 bridgehead atoms. The Bertz CT molecular complexity index is 859. The first-order chi connectivity index (χ1) is 13.5. The summed E-state index contributed by atoms with van der Waals surface area (Å²) in [6.45, 7) is 4.45. The van der Waals surface area contributed by atoms with Crippen LogP contribution in [0.5, 0.6) is 17.2 Å². The van der Waals surface area contributed by atoms with Gasteiger partial charge in [-0.2, -0.15) is 5.10 Å². The zero-order chi connectivity index (χ0) is 20.4. The molecule has 8 heteroatoms. The first-order valence-electron chi connectivity index (χ1n) is 8.45. The van der Waals surface area contributed by atoms with Crippen LogP contribution in [0, 0.1) is 0 Å². The van der Waals surface area contributed by atoms with E-state index in [-0.39, 0.29) is 5.11 Å². The summed E-state index contributed by atoms with van der Waals surface area (Å²) in [4.78, 5) is 0. The summed E-state index contributed by atoms with van der Waals surface area (Å²) >= 11 is 8.16. The number of nitrogens with zero attached hydrogens (tertiary/aromatic N) is 1. The fraction of sp³-hybridized carbons (Fsp3) is 0.200. The number of ether oxygens (including phenoxy) is 3. The third-order valence-corrected chi connectivity index (χ3v) is 4.14. The van der Waals surface area contributed by atoms with Crippen LogP contribution in [0.4, 0.5) is 0 Å². The lowest BCUT2D eigenvalue weighted by atomic mass is 10.1. The molecule has 2 aromatic carbocycles. The Morgan fingerprint density at radius 1 is 1.18 bits per heavy atom. The smallest absolute Gasteiger partial charge is 0.184 e. The van der Waals surface area contributed by atoms with E-state index in [9.17, 15) is 0 Å². The summed E-state index contributed by atoms with van der Waals surface area (Å²) in [5.41, 5.74) is 9.76. The number of halogens is 1. The van der Waals surface area contributed by atoms with E-state index in [0.29, 0.717) is 30.5 Å². The number of rotatable bonds is 10. The van der Waals surface area contributed by atoms with Crippen molar-refractivity contribution in [1.29, 1.82) is 0 Å². The minimum absolute atomic E-state index is 0.0928. The molecule has 0 amide bonds. The number of nitrogens with one attached hydrogen (secondary N) is 1. The van der Waals surface area contributed by atoms with Crippen molar-refractivity contribution in [3.63, 3.8) is 0 Å². The van der Waals surface area contributed by atoms with Gasteiger partial charge in [0.2, 0.25) is 0 Å². The zero-order valence-electron chi connectivity index (χ0n) is 15.5. The molecule has 0 aliphatic rings. The van der Waals surface area contributed by atoms with Gasteiger partial charge in [-0.05, 0) is 54.5 Å². The molecular weight excluding hydrogens is 442 g/mol. The van der Waals surface area contributed by atoms with Crippen molar-refractivity contribution < 1.29 is 14.2 Å². The highest BCUT2D eigenvalue weighted by molar-refractivity contribution is 9.10. The van der Waals surface area contributed by atoms with Gasteiger partial charge in [-0.1, -0.05) is 28.1 Å². The maximum atomic E-state index is 5.82. The second kappa shape index (κ2) is 11.3. The Morgan fingerprint density at radius 2 is 1.89 bits per heavy atom. The summed E-state index contributed by atoms with van der Waals surface area (Å²) in [7, 11) is 1.62. The third kappa shape index (κ3) is 6.86. The first-order valence-corrected chi connectivity index (χ1v) is 9.65. The lowest BCUT2D eigenvalue weighted by Gasteiger charge is -2.13. The summed E-state index contributed by atoms with van der Waals surface area (Å²) in [5, 5.41) is 4.06. The number of methoxy groups -OCH3 is 1. The SMILES string of the molecule is C=CCc1ccc(OCCOc2ccc(Br)cc2C=NNC(N)=S)c(OC)c1. The molecule has 0 unspecified atom stereocenters. The number of allylic oxidation sites excluding steroid dienone is 1. The maximum absolute atomic E-state index is 5.82. The highest BCUT2D eigenvalue weighted by atomic mass is 79.9. The van der Waals surface area contributed by atoms with Gasteiger partial charge >= 0.3 is 0 Å². The van der Waals surface area contributed by atoms with E-state index in [0.717, 1.165) is 22.0 Å². The summed E-state index contributed by atoms with van der Waals surface area (Å²) in [6, 6.07) is 11.4. The lowest BCUT2D eigenvalue weighted by Crippen LogP contribution is -2.24. The van der Waals surface area contributed by atoms with Crippen molar-refractivity contribution in [3.05, 3.63) is 64.7 Å². The molecule has 0 saturated heterocycles. The number of hydrazone groups is 1. The molecule has 28 heavy (non-hydrogen) atoms.